The summed E-state index contributed by atoms with van der Waals surface area (Å²) in [6.45, 7) is 3.49. The molecule has 226 valence electrons. The van der Waals surface area contributed by atoms with Crippen LogP contribution in [0.4, 0.5) is 0 Å². The maximum Gasteiger partial charge on any atom is 0.342 e. The van der Waals surface area contributed by atoms with Crippen molar-refractivity contribution in [2.24, 2.45) is 0 Å². The average molecular weight is 587 g/mol. The Kier molecular flexibility index (Phi) is 9.84. The van der Waals surface area contributed by atoms with Crippen molar-refractivity contribution in [2.75, 3.05) is 7.11 Å². The predicted octanol–water partition coefficient (Wildman–Crippen LogP) is 1.74. The van der Waals surface area contributed by atoms with E-state index in [4.69, 9.17) is 23.7 Å². The number of aromatic hydroxyl groups is 1. The molecule has 2 aromatic rings. The van der Waals surface area contributed by atoms with Crippen molar-refractivity contribution in [1.29, 1.82) is 0 Å². The average Bonchev–Trinajstić information content (AvgIpc) is 3.38. The predicted molar refractivity (Wildman–Crippen MR) is 144 cm³/mol. The number of carbonyl (C=O) groups excluding carboxylic acids is 3. The Balaban J connectivity index is 1.34. The number of hydrogen-bond acceptors (Lipinski definition) is 12. The molecule has 2 aromatic carbocycles. The lowest BCUT2D eigenvalue weighted by molar-refractivity contribution is -0.287. The van der Waals surface area contributed by atoms with Crippen molar-refractivity contribution in [2.45, 2.75) is 77.0 Å². The van der Waals surface area contributed by atoms with Gasteiger partial charge in [0, 0.05) is 17.5 Å². The second kappa shape index (κ2) is 13.3. The van der Waals surface area contributed by atoms with Crippen molar-refractivity contribution in [1.82, 2.24) is 0 Å². The molecule has 0 radical (unpaired) electrons. The molecular formula is C30H34O12. The molecule has 5 atom stereocenters. The number of phenols is 1. The Labute approximate surface area is 242 Å². The van der Waals surface area contributed by atoms with Crippen LogP contribution in [0.25, 0.3) is 0 Å². The second-order valence-electron chi connectivity index (χ2n) is 10.1. The van der Waals surface area contributed by atoms with E-state index in [0.29, 0.717) is 28.0 Å². The Morgan fingerprint density at radius 1 is 1.07 bits per heavy atom. The van der Waals surface area contributed by atoms with Crippen LogP contribution in [0.15, 0.2) is 42.0 Å². The summed E-state index contributed by atoms with van der Waals surface area (Å²) in [6, 6.07) is 8.77. The zero-order valence-corrected chi connectivity index (χ0v) is 23.4. The molecule has 2 aliphatic heterocycles. The Hall–Kier alpha value is -3.97. The summed E-state index contributed by atoms with van der Waals surface area (Å²) < 4.78 is 26.2. The lowest BCUT2D eigenvalue weighted by Crippen LogP contribution is -2.60. The van der Waals surface area contributed by atoms with Gasteiger partial charge < -0.3 is 44.1 Å². The van der Waals surface area contributed by atoms with Gasteiger partial charge in [0.25, 0.3) is 0 Å². The minimum absolute atomic E-state index is 0.0617. The van der Waals surface area contributed by atoms with Gasteiger partial charge in [-0.1, -0.05) is 42.0 Å². The van der Waals surface area contributed by atoms with E-state index >= 15 is 0 Å². The topological polar surface area (TPSA) is 178 Å². The smallest absolute Gasteiger partial charge is 0.342 e. The Bertz CT molecular complexity index is 1350. The number of hydrogen-bond donors (Lipinski definition) is 4. The van der Waals surface area contributed by atoms with Crippen LogP contribution in [0, 0.1) is 6.92 Å². The van der Waals surface area contributed by atoms with E-state index in [9.17, 15) is 34.8 Å². The lowest BCUT2D eigenvalue weighted by atomic mass is 9.94. The molecule has 12 heteroatoms. The van der Waals surface area contributed by atoms with E-state index < -0.39 is 48.6 Å². The highest BCUT2D eigenvalue weighted by Crippen LogP contribution is 2.42. The van der Waals surface area contributed by atoms with E-state index in [1.807, 2.05) is 0 Å². The number of phenolic OH excluding ortho intramolecular Hbond substituents is 1. The minimum Gasteiger partial charge on any atom is -0.507 e. The Morgan fingerprint density at radius 2 is 1.79 bits per heavy atom. The van der Waals surface area contributed by atoms with Gasteiger partial charge in [-0.2, -0.15) is 0 Å². The van der Waals surface area contributed by atoms with Crippen molar-refractivity contribution in [3.05, 3.63) is 69.8 Å². The number of fused-ring (bicyclic) bond motifs is 1. The highest BCUT2D eigenvalue weighted by molar-refractivity contribution is 5.98. The fourth-order valence-corrected chi connectivity index (χ4v) is 4.85. The zero-order chi connectivity index (χ0) is 30.6. The first-order chi connectivity index (χ1) is 20.0. The molecule has 0 amide bonds. The third-order valence-electron chi connectivity index (χ3n) is 7.30. The highest BCUT2D eigenvalue weighted by Gasteiger charge is 2.49. The van der Waals surface area contributed by atoms with Gasteiger partial charge in [0.15, 0.2) is 6.10 Å². The van der Waals surface area contributed by atoms with E-state index in [1.54, 1.807) is 50.3 Å². The Morgan fingerprint density at radius 3 is 2.48 bits per heavy atom. The normalized spacial score (nSPS) is 23.6. The monoisotopic (exact) mass is 586 g/mol. The number of benzene rings is 2. The molecular weight excluding hydrogens is 552 g/mol. The molecule has 0 bridgehead atoms. The molecule has 0 aliphatic carbocycles. The van der Waals surface area contributed by atoms with Crippen molar-refractivity contribution < 1.29 is 58.5 Å². The van der Waals surface area contributed by atoms with Crippen LogP contribution in [0.5, 0.6) is 11.5 Å². The lowest BCUT2D eigenvalue weighted by Gasteiger charge is -2.38. The summed E-state index contributed by atoms with van der Waals surface area (Å²) in [6.07, 6.45) is -6.79. The first kappa shape index (κ1) is 31.0. The van der Waals surface area contributed by atoms with Crippen LogP contribution in [-0.4, -0.2) is 76.1 Å². The van der Waals surface area contributed by atoms with E-state index in [0.717, 1.165) is 5.57 Å². The number of carbonyl (C=O) groups is 3. The largest absolute Gasteiger partial charge is 0.507 e. The van der Waals surface area contributed by atoms with Gasteiger partial charge in [0.2, 0.25) is 6.29 Å². The molecule has 0 saturated carbocycles. The first-order valence-electron chi connectivity index (χ1n) is 13.4. The number of methoxy groups -OCH3 is 1. The van der Waals surface area contributed by atoms with Crippen LogP contribution in [0.1, 0.15) is 52.4 Å². The van der Waals surface area contributed by atoms with Crippen LogP contribution < -0.4 is 4.74 Å². The number of rotatable bonds is 10. The second-order valence-corrected chi connectivity index (χ2v) is 10.1. The first-order valence-corrected chi connectivity index (χ1v) is 13.4. The molecule has 2 aliphatic rings. The molecule has 0 aromatic heterocycles. The van der Waals surface area contributed by atoms with Gasteiger partial charge in [-0.25, -0.2) is 9.59 Å². The minimum atomic E-state index is -1.83. The fraction of sp³-hybridized carbons (Fsp3) is 0.433. The standard InChI is InChI=1S/C30H34O12/c1-15(9-11-18-22(32)21-19(14-40-28(21)36)16(2)26(18)38-3)10-12-20(31)41-30-25(35)23(33)24(34)27(42-30)29(37)39-13-17-7-5-4-6-8-17/h4-9,23-25,27,30,32-35H,10-14H2,1-3H3/b15-9+/t23-,24-,25+,27-,30+/m0/s1. The fourth-order valence-electron chi connectivity index (χ4n) is 4.85. The summed E-state index contributed by atoms with van der Waals surface area (Å²) in [5, 5.41) is 41.5. The quantitative estimate of drug-likeness (QED) is 0.180. The number of ether oxygens (including phenoxy) is 5. The van der Waals surface area contributed by atoms with Gasteiger partial charge in [0.1, 0.15) is 48.6 Å². The van der Waals surface area contributed by atoms with E-state index in [-0.39, 0.29) is 43.8 Å². The molecule has 12 nitrogen and oxygen atoms in total. The van der Waals surface area contributed by atoms with Gasteiger partial charge in [-0.15, -0.1) is 0 Å². The van der Waals surface area contributed by atoms with Gasteiger partial charge >= 0.3 is 17.9 Å². The van der Waals surface area contributed by atoms with Crippen molar-refractivity contribution >= 4 is 17.9 Å². The summed E-state index contributed by atoms with van der Waals surface area (Å²) in [4.78, 5) is 37.2. The summed E-state index contributed by atoms with van der Waals surface area (Å²) in [5.41, 5.74) is 3.24. The highest BCUT2D eigenvalue weighted by atomic mass is 16.7. The van der Waals surface area contributed by atoms with Gasteiger partial charge in [0.05, 0.1) is 7.11 Å². The molecule has 4 N–H and O–H groups in total. The summed E-state index contributed by atoms with van der Waals surface area (Å²) in [5.74, 6) is -2.16. The van der Waals surface area contributed by atoms with Crippen LogP contribution in [0.3, 0.4) is 0 Å². The van der Waals surface area contributed by atoms with E-state index in [1.165, 1.54) is 7.11 Å². The van der Waals surface area contributed by atoms with E-state index in [2.05, 4.69) is 0 Å². The summed E-state index contributed by atoms with van der Waals surface area (Å²) >= 11 is 0. The number of aliphatic hydroxyl groups is 3. The SMILES string of the molecule is COc1c(C)c2c(c(O)c1C/C=C(\C)CCC(=O)O[C@@H]1O[C@H](C(=O)OCc3ccccc3)[C@@H](O)[C@H](O)[C@H]1O)C(=O)OC2. The number of esters is 3. The third-order valence-corrected chi connectivity index (χ3v) is 7.30. The van der Waals surface area contributed by atoms with Crippen LogP contribution in [-0.2, 0) is 48.2 Å². The maximum atomic E-state index is 12.6. The maximum absolute atomic E-state index is 12.6. The summed E-state index contributed by atoms with van der Waals surface area (Å²) in [7, 11) is 1.47. The van der Waals surface area contributed by atoms with Crippen molar-refractivity contribution in [3.63, 3.8) is 0 Å². The van der Waals surface area contributed by atoms with Gasteiger partial charge in [-0.05, 0) is 37.8 Å². The number of aliphatic hydroxyl groups excluding tert-OH is 3. The molecule has 0 spiro atoms. The number of cyclic esters (lactones) is 1. The molecule has 1 fully saturated rings. The molecule has 0 unspecified atom stereocenters. The molecule has 42 heavy (non-hydrogen) atoms. The van der Waals surface area contributed by atoms with Crippen molar-refractivity contribution in [3.8, 4) is 11.5 Å². The third kappa shape index (κ3) is 6.57. The van der Waals surface area contributed by atoms with Crippen LogP contribution >= 0.6 is 0 Å². The zero-order valence-electron chi connectivity index (χ0n) is 23.4. The number of allylic oxidation sites excluding steroid dienone is 2. The van der Waals surface area contributed by atoms with Crippen LogP contribution in [0.2, 0.25) is 0 Å². The van der Waals surface area contributed by atoms with Gasteiger partial charge in [-0.3, -0.25) is 4.79 Å². The molecule has 1 saturated heterocycles. The molecule has 4 rings (SSSR count). The molecule has 2 heterocycles.